The Bertz CT molecular complexity index is 1550. The fourth-order valence-corrected chi connectivity index (χ4v) is 6.64. The summed E-state index contributed by atoms with van der Waals surface area (Å²) in [6.45, 7) is 4.34. The SMILES string of the molecule is CC/C=C/C/C=C/C/C=C/C/C=C/C/C=C/C/C=C/C/C=C/CCCC(=O)OC(COCCC(C(=O)[O-])[N+](C)(C)C)COC(=O)CCCCCCCCC/C=C/C/C=C/C/C=C/C/C=C/CC. The molecule has 0 saturated heterocycles. The number of hydrogen-bond acceptors (Lipinski definition) is 7. The molecule has 0 bridgehead atoms. The van der Waals surface area contributed by atoms with Crippen LogP contribution in [-0.4, -0.2) is 75.5 Å². The van der Waals surface area contributed by atoms with Crippen LogP contribution in [0.5, 0.6) is 0 Å². The molecule has 0 aliphatic carbocycles. The molecule has 0 aliphatic heterocycles. The number of carbonyl (C=O) groups is 3. The highest BCUT2D eigenvalue weighted by molar-refractivity contribution is 5.70. The molecule has 67 heavy (non-hydrogen) atoms. The summed E-state index contributed by atoms with van der Waals surface area (Å²) in [5.41, 5.74) is 0. The van der Waals surface area contributed by atoms with Crippen molar-refractivity contribution in [2.75, 3.05) is 41.0 Å². The zero-order valence-electron chi connectivity index (χ0n) is 42.8. The van der Waals surface area contributed by atoms with Gasteiger partial charge in [0.05, 0.1) is 40.3 Å². The summed E-state index contributed by atoms with van der Waals surface area (Å²) < 4.78 is 17.2. The van der Waals surface area contributed by atoms with Crippen LogP contribution in [0.4, 0.5) is 0 Å². The van der Waals surface area contributed by atoms with Crippen LogP contribution in [0.25, 0.3) is 0 Å². The van der Waals surface area contributed by atoms with Gasteiger partial charge in [0, 0.05) is 19.3 Å². The maximum Gasteiger partial charge on any atom is 0.306 e. The molecule has 0 fully saturated rings. The minimum Gasteiger partial charge on any atom is -0.544 e. The first kappa shape index (κ1) is 62.5. The van der Waals surface area contributed by atoms with E-state index in [9.17, 15) is 19.5 Å². The maximum absolute atomic E-state index is 12.8. The highest BCUT2D eigenvalue weighted by atomic mass is 16.6. The Kier molecular flexibility index (Phi) is 44.7. The summed E-state index contributed by atoms with van der Waals surface area (Å²) >= 11 is 0. The highest BCUT2D eigenvalue weighted by Crippen LogP contribution is 2.12. The van der Waals surface area contributed by atoms with Gasteiger partial charge in [0.1, 0.15) is 12.6 Å². The molecule has 0 radical (unpaired) electrons. The molecular formula is C59H93NO7. The van der Waals surface area contributed by atoms with Gasteiger partial charge in [0.25, 0.3) is 0 Å². The molecule has 376 valence electrons. The fraction of sp³-hybridized carbons (Fsp3) is 0.576. The molecule has 0 aliphatic rings. The summed E-state index contributed by atoms with van der Waals surface area (Å²) in [6, 6.07) is -0.748. The number of esters is 2. The number of ether oxygens (including phenoxy) is 3. The Morgan fingerprint density at radius 2 is 0.806 bits per heavy atom. The second-order valence-corrected chi connectivity index (χ2v) is 17.6. The predicted molar refractivity (Wildman–Crippen MR) is 281 cm³/mol. The van der Waals surface area contributed by atoms with Gasteiger partial charge in [-0.05, 0) is 103 Å². The summed E-state index contributed by atoms with van der Waals surface area (Å²) in [5, 5.41) is 11.7. The molecule has 0 aromatic heterocycles. The molecular weight excluding hydrogens is 835 g/mol. The van der Waals surface area contributed by atoms with Crippen LogP contribution in [0.15, 0.2) is 134 Å². The quantitative estimate of drug-likeness (QED) is 0.0259. The van der Waals surface area contributed by atoms with Crippen LogP contribution in [0.1, 0.15) is 168 Å². The first-order valence-corrected chi connectivity index (χ1v) is 25.7. The average molecular weight is 928 g/mol. The first-order chi connectivity index (χ1) is 32.6. The summed E-state index contributed by atoms with van der Waals surface area (Å²) in [7, 11) is 5.38. The molecule has 0 N–H and O–H groups in total. The van der Waals surface area contributed by atoms with Gasteiger partial charge in [-0.3, -0.25) is 9.59 Å². The van der Waals surface area contributed by atoms with Crippen molar-refractivity contribution in [3.8, 4) is 0 Å². The number of quaternary nitrogens is 1. The molecule has 8 heteroatoms. The predicted octanol–water partition coefficient (Wildman–Crippen LogP) is 13.8. The number of carboxylic acids is 1. The Hall–Kier alpha value is -4.53. The Morgan fingerprint density at radius 1 is 0.448 bits per heavy atom. The molecule has 2 unspecified atom stereocenters. The van der Waals surface area contributed by atoms with Crippen molar-refractivity contribution in [3.63, 3.8) is 0 Å². The van der Waals surface area contributed by atoms with Gasteiger partial charge in [-0.1, -0.05) is 180 Å². The third-order valence-corrected chi connectivity index (χ3v) is 10.5. The molecule has 2 atom stereocenters. The number of aliphatic carboxylic acids is 1. The van der Waals surface area contributed by atoms with Gasteiger partial charge >= 0.3 is 11.9 Å². The molecule has 0 aromatic rings. The zero-order valence-corrected chi connectivity index (χ0v) is 42.8. The van der Waals surface area contributed by atoms with E-state index in [1.807, 2.05) is 0 Å². The second-order valence-electron chi connectivity index (χ2n) is 17.6. The van der Waals surface area contributed by atoms with Crippen LogP contribution >= 0.6 is 0 Å². The number of likely N-dealkylation sites (N-methyl/N-ethyl adjacent to an activating group) is 1. The lowest BCUT2D eigenvalue weighted by molar-refractivity contribution is -0.889. The standard InChI is InChI=1S/C59H93NO7/c1-6-8-10-12-14-16-18-20-22-24-26-28-29-30-32-34-36-38-40-42-44-46-48-50-58(62)67-55(53-65-52-51-56(59(63)64)60(3,4)5)54-66-57(61)49-47-45-43-41-39-37-35-33-31-27-25-23-21-19-17-15-13-11-9-7-2/h8-11,14-17,20-23,26-28,30-32,36,38,42,44,55-56H,6-7,12-13,18-19,24-25,29,33-35,37,39-41,43,45-54H2,1-5H3/b10-8+,11-9+,16-14+,17-15+,22-20+,23-21+,28-26+,31-27+,32-30+,38-36+,44-42+. The van der Waals surface area contributed by atoms with Crippen molar-refractivity contribution in [1.29, 1.82) is 0 Å². The number of allylic oxidation sites excluding steroid dienone is 22. The van der Waals surface area contributed by atoms with Gasteiger partial charge < -0.3 is 28.6 Å². The van der Waals surface area contributed by atoms with Crippen molar-refractivity contribution in [2.45, 2.75) is 180 Å². The van der Waals surface area contributed by atoms with Crippen molar-refractivity contribution in [3.05, 3.63) is 134 Å². The van der Waals surface area contributed by atoms with E-state index in [1.165, 1.54) is 19.3 Å². The lowest BCUT2D eigenvalue weighted by atomic mass is 10.1. The van der Waals surface area contributed by atoms with Gasteiger partial charge in [0.15, 0.2) is 6.10 Å². The third kappa shape index (κ3) is 46.4. The number of unbranched alkanes of at least 4 members (excludes halogenated alkanes) is 8. The Morgan fingerprint density at radius 3 is 1.21 bits per heavy atom. The van der Waals surface area contributed by atoms with Crippen molar-refractivity contribution < 1.29 is 38.2 Å². The van der Waals surface area contributed by atoms with E-state index in [0.717, 1.165) is 109 Å². The van der Waals surface area contributed by atoms with Crippen LogP contribution in [-0.2, 0) is 28.6 Å². The number of hydrogen-bond donors (Lipinski definition) is 0. The molecule has 8 nitrogen and oxygen atoms in total. The van der Waals surface area contributed by atoms with E-state index in [1.54, 1.807) is 21.1 Å². The van der Waals surface area contributed by atoms with Gasteiger partial charge in [0.2, 0.25) is 0 Å². The van der Waals surface area contributed by atoms with Crippen molar-refractivity contribution in [1.82, 2.24) is 0 Å². The Labute approximate surface area is 409 Å². The molecule has 0 heterocycles. The van der Waals surface area contributed by atoms with Crippen LogP contribution in [0.3, 0.4) is 0 Å². The number of rotatable bonds is 44. The van der Waals surface area contributed by atoms with E-state index >= 15 is 0 Å². The fourth-order valence-electron chi connectivity index (χ4n) is 6.64. The highest BCUT2D eigenvalue weighted by Gasteiger charge is 2.25. The number of carbonyl (C=O) groups excluding carboxylic acids is 3. The lowest BCUT2D eigenvalue weighted by Crippen LogP contribution is -2.55. The second kappa shape index (κ2) is 47.9. The zero-order chi connectivity index (χ0) is 49.2. The first-order valence-electron chi connectivity index (χ1n) is 25.7. The van der Waals surface area contributed by atoms with Crippen molar-refractivity contribution >= 4 is 17.9 Å². The lowest BCUT2D eigenvalue weighted by Gasteiger charge is -2.34. The van der Waals surface area contributed by atoms with Crippen LogP contribution in [0, 0.1) is 0 Å². The van der Waals surface area contributed by atoms with E-state index in [2.05, 4.69) is 148 Å². The molecule has 0 spiro atoms. The average Bonchev–Trinajstić information content (AvgIpc) is 3.29. The van der Waals surface area contributed by atoms with Crippen molar-refractivity contribution in [2.24, 2.45) is 0 Å². The molecule has 0 aromatic carbocycles. The minimum atomic E-state index is -1.14. The number of nitrogens with zero attached hydrogens (tertiary/aromatic N) is 1. The van der Waals surface area contributed by atoms with E-state index in [4.69, 9.17) is 14.2 Å². The van der Waals surface area contributed by atoms with E-state index in [-0.39, 0.29) is 49.1 Å². The summed E-state index contributed by atoms with van der Waals surface area (Å²) in [6.07, 6.45) is 69.2. The van der Waals surface area contributed by atoms with Gasteiger partial charge in [-0.25, -0.2) is 0 Å². The third-order valence-electron chi connectivity index (χ3n) is 10.5. The van der Waals surface area contributed by atoms with Crippen LogP contribution < -0.4 is 5.11 Å². The topological polar surface area (TPSA) is 102 Å². The smallest absolute Gasteiger partial charge is 0.306 e. The summed E-state index contributed by atoms with van der Waals surface area (Å²) in [4.78, 5) is 37.0. The largest absolute Gasteiger partial charge is 0.544 e. The summed E-state index contributed by atoms with van der Waals surface area (Å²) in [5.74, 6) is -1.84. The van der Waals surface area contributed by atoms with Gasteiger partial charge in [-0.2, -0.15) is 0 Å². The minimum absolute atomic E-state index is 0.00404. The van der Waals surface area contributed by atoms with E-state index < -0.39 is 18.1 Å². The monoisotopic (exact) mass is 928 g/mol. The normalized spacial score (nSPS) is 14.0. The molecule has 0 amide bonds. The maximum atomic E-state index is 12.8. The molecule has 0 saturated carbocycles. The Balaban J connectivity index is 4.42. The van der Waals surface area contributed by atoms with Crippen LogP contribution in [0.2, 0.25) is 0 Å². The van der Waals surface area contributed by atoms with E-state index in [0.29, 0.717) is 12.8 Å². The number of carboxylic acid groups (broad SMARTS) is 1. The molecule has 0 rings (SSSR count). The van der Waals surface area contributed by atoms with Gasteiger partial charge in [-0.15, -0.1) is 0 Å².